The van der Waals surface area contributed by atoms with Gasteiger partial charge in [0.2, 0.25) is 5.91 Å². The zero-order chi connectivity index (χ0) is 24.3. The highest BCUT2D eigenvalue weighted by Crippen LogP contribution is 2.30. The van der Waals surface area contributed by atoms with E-state index in [2.05, 4.69) is 10.0 Å². The summed E-state index contributed by atoms with van der Waals surface area (Å²) in [7, 11) is 1.58. The van der Waals surface area contributed by atoms with E-state index in [0.29, 0.717) is 37.0 Å². The number of hydrazine groups is 1. The molecule has 1 aliphatic rings. The third kappa shape index (κ3) is 7.43. The number of alkyl halides is 1. The maximum atomic E-state index is 12.9. The Balaban J connectivity index is 0.00000249. The van der Waals surface area contributed by atoms with Crippen LogP contribution in [0.2, 0.25) is 5.02 Å². The molecule has 1 aromatic rings. The lowest BCUT2D eigenvalue weighted by Gasteiger charge is -2.41. The zero-order valence-electron chi connectivity index (χ0n) is 19.4. The number of hydrogen-bond acceptors (Lipinski definition) is 7. The number of carbonyl (C=O) groups excluding carboxylic acids is 2. The van der Waals surface area contributed by atoms with E-state index in [1.165, 1.54) is 5.01 Å². The van der Waals surface area contributed by atoms with Gasteiger partial charge in [0.1, 0.15) is 18.0 Å². The maximum Gasteiger partial charge on any atom is 0.282 e. The first-order chi connectivity index (χ1) is 15.3. The first-order valence-corrected chi connectivity index (χ1v) is 11.5. The highest BCUT2D eigenvalue weighted by Gasteiger charge is 2.28. The van der Waals surface area contributed by atoms with E-state index in [0.717, 1.165) is 5.69 Å². The number of halogens is 2. The van der Waals surface area contributed by atoms with Crippen molar-refractivity contribution in [2.45, 2.75) is 33.7 Å². The van der Waals surface area contributed by atoms with Crippen LogP contribution in [0.1, 0.15) is 27.7 Å². The van der Waals surface area contributed by atoms with Gasteiger partial charge in [0.05, 0.1) is 18.0 Å². The van der Waals surface area contributed by atoms with Gasteiger partial charge in [-0.1, -0.05) is 25.4 Å². The predicted octanol–water partition coefficient (Wildman–Crippen LogP) is 2.32. The molecule has 9 nitrogen and oxygen atoms in total. The van der Waals surface area contributed by atoms with E-state index >= 15 is 0 Å². The number of hydrazone groups is 1. The lowest BCUT2D eigenvalue weighted by molar-refractivity contribution is -0.134. The van der Waals surface area contributed by atoms with Crippen molar-refractivity contribution < 1.29 is 14.3 Å². The average molecular weight is 489 g/mol. The second-order valence-corrected chi connectivity index (χ2v) is 7.51. The lowest BCUT2D eigenvalue weighted by Crippen LogP contribution is -2.55. The Bertz CT molecular complexity index is 793. The number of piperazine rings is 1. The number of nitrogens with two attached hydrogens (primary N) is 1. The van der Waals surface area contributed by atoms with Crippen LogP contribution in [-0.2, 0) is 9.59 Å². The van der Waals surface area contributed by atoms with Crippen LogP contribution in [-0.4, -0.2) is 79.2 Å². The number of amides is 2. The third-order valence-corrected chi connectivity index (χ3v) is 5.48. The molecule has 3 N–H and O–H groups in total. The van der Waals surface area contributed by atoms with Gasteiger partial charge in [-0.15, -0.1) is 11.6 Å². The Morgan fingerprint density at radius 3 is 2.56 bits per heavy atom. The van der Waals surface area contributed by atoms with Crippen molar-refractivity contribution in [2.24, 2.45) is 10.9 Å². The molecule has 1 atom stereocenters. The first kappa shape index (κ1) is 27.8. The van der Waals surface area contributed by atoms with Gasteiger partial charge in [-0.25, -0.2) is 5.84 Å². The van der Waals surface area contributed by atoms with Crippen LogP contribution in [0.5, 0.6) is 5.75 Å². The SMILES string of the molecule is CC.CCN(CC(=O)N1CCN(c2ccc(Cl)c(OC)c2)CC1C)/N=C(\CCl)C(=O)NN. The zero-order valence-corrected chi connectivity index (χ0v) is 20.9. The fourth-order valence-electron chi connectivity index (χ4n) is 3.26. The molecule has 180 valence electrons. The van der Waals surface area contributed by atoms with Crippen LogP contribution in [0.4, 0.5) is 5.69 Å². The molecule has 2 rings (SSSR count). The summed E-state index contributed by atoms with van der Waals surface area (Å²) in [6, 6.07) is 5.64. The molecule has 2 amide bonds. The predicted molar refractivity (Wildman–Crippen MR) is 130 cm³/mol. The Hall–Kier alpha value is -2.23. The van der Waals surface area contributed by atoms with Crippen LogP contribution in [0, 0.1) is 0 Å². The largest absolute Gasteiger partial charge is 0.495 e. The van der Waals surface area contributed by atoms with Crippen LogP contribution < -0.4 is 20.9 Å². The molecule has 1 saturated heterocycles. The molecular weight excluding hydrogens is 455 g/mol. The van der Waals surface area contributed by atoms with Gasteiger partial charge in [-0.2, -0.15) is 5.10 Å². The lowest BCUT2D eigenvalue weighted by atomic mass is 10.1. The van der Waals surface area contributed by atoms with Crippen LogP contribution in [0.3, 0.4) is 0 Å². The molecule has 0 radical (unpaired) electrons. The second-order valence-electron chi connectivity index (χ2n) is 6.84. The number of carbonyl (C=O) groups is 2. The van der Waals surface area contributed by atoms with Crippen molar-refractivity contribution >= 4 is 46.4 Å². The molecule has 0 saturated carbocycles. The maximum absolute atomic E-state index is 12.9. The first-order valence-electron chi connectivity index (χ1n) is 10.6. The molecule has 0 aromatic heterocycles. The molecule has 1 unspecified atom stereocenters. The Morgan fingerprint density at radius 2 is 2.03 bits per heavy atom. The molecule has 32 heavy (non-hydrogen) atoms. The number of likely N-dealkylation sites (N-methyl/N-ethyl adjacent to an activating group) is 1. The summed E-state index contributed by atoms with van der Waals surface area (Å²) in [4.78, 5) is 28.6. The van der Waals surface area contributed by atoms with Gasteiger partial charge in [0, 0.05) is 44.0 Å². The number of nitrogens with one attached hydrogen (secondary N) is 1. The van der Waals surface area contributed by atoms with E-state index in [1.807, 2.05) is 50.2 Å². The van der Waals surface area contributed by atoms with Gasteiger partial charge in [-0.3, -0.25) is 20.0 Å². The van der Waals surface area contributed by atoms with Crippen molar-refractivity contribution in [3.63, 3.8) is 0 Å². The smallest absolute Gasteiger partial charge is 0.282 e. The van der Waals surface area contributed by atoms with Gasteiger partial charge in [0.25, 0.3) is 5.91 Å². The molecule has 1 heterocycles. The quantitative estimate of drug-likeness (QED) is 0.191. The Labute approximate surface area is 200 Å². The third-order valence-electron chi connectivity index (χ3n) is 4.91. The topological polar surface area (TPSA) is 104 Å². The normalized spacial score (nSPS) is 16.1. The number of benzene rings is 1. The monoisotopic (exact) mass is 488 g/mol. The molecule has 1 aliphatic heterocycles. The summed E-state index contributed by atoms with van der Waals surface area (Å²) in [5.41, 5.74) is 3.06. The number of ether oxygens (including phenoxy) is 1. The summed E-state index contributed by atoms with van der Waals surface area (Å²) in [5, 5.41) is 6.25. The van der Waals surface area contributed by atoms with Crippen LogP contribution in [0.15, 0.2) is 23.3 Å². The number of anilines is 1. The Morgan fingerprint density at radius 1 is 1.34 bits per heavy atom. The summed E-state index contributed by atoms with van der Waals surface area (Å²) >= 11 is 11.9. The summed E-state index contributed by atoms with van der Waals surface area (Å²) in [6.07, 6.45) is 0. The summed E-state index contributed by atoms with van der Waals surface area (Å²) in [5.74, 6) is 5.01. The fraction of sp³-hybridized carbons (Fsp3) is 0.571. The molecule has 1 aromatic carbocycles. The highest BCUT2D eigenvalue weighted by atomic mass is 35.5. The van der Waals surface area contributed by atoms with Crippen molar-refractivity contribution in [2.75, 3.05) is 50.6 Å². The molecule has 11 heteroatoms. The van der Waals surface area contributed by atoms with E-state index in [1.54, 1.807) is 13.2 Å². The van der Waals surface area contributed by atoms with E-state index in [9.17, 15) is 9.59 Å². The average Bonchev–Trinajstić information content (AvgIpc) is 2.82. The van der Waals surface area contributed by atoms with Gasteiger partial charge in [0.15, 0.2) is 0 Å². The molecule has 0 bridgehead atoms. The molecular formula is C21H34Cl2N6O3. The summed E-state index contributed by atoms with van der Waals surface area (Å²) in [6.45, 7) is 10.3. The van der Waals surface area contributed by atoms with Crippen molar-refractivity contribution in [3.8, 4) is 5.75 Å². The van der Waals surface area contributed by atoms with E-state index in [4.69, 9.17) is 33.8 Å². The van der Waals surface area contributed by atoms with E-state index in [-0.39, 0.29) is 30.1 Å². The van der Waals surface area contributed by atoms with Gasteiger partial charge in [-0.05, 0) is 26.0 Å². The number of methoxy groups -OCH3 is 1. The molecule has 0 aliphatic carbocycles. The standard InChI is InChI=1S/C19H28Cl2N6O3.C2H6/c1-4-26(24-16(10-20)19(29)23-22)12-18(28)27-8-7-25(11-13(27)2)14-5-6-15(21)17(9-14)30-3;1-2/h5-6,9,13H,4,7-8,10-12,22H2,1-3H3,(H,23,29);1-2H3/b24-16+;. The number of hydrogen-bond donors (Lipinski definition) is 2. The van der Waals surface area contributed by atoms with Crippen molar-refractivity contribution in [3.05, 3.63) is 23.2 Å². The van der Waals surface area contributed by atoms with Crippen LogP contribution in [0.25, 0.3) is 0 Å². The highest BCUT2D eigenvalue weighted by molar-refractivity contribution is 6.48. The van der Waals surface area contributed by atoms with Crippen molar-refractivity contribution in [1.29, 1.82) is 0 Å². The van der Waals surface area contributed by atoms with Gasteiger partial charge >= 0.3 is 0 Å². The minimum atomic E-state index is -0.573. The van der Waals surface area contributed by atoms with Crippen LogP contribution >= 0.6 is 23.2 Å². The molecule has 0 spiro atoms. The minimum Gasteiger partial charge on any atom is -0.495 e. The fourth-order valence-corrected chi connectivity index (χ4v) is 3.63. The Kier molecular flexibility index (Phi) is 12.2. The molecule has 1 fully saturated rings. The van der Waals surface area contributed by atoms with Crippen molar-refractivity contribution in [1.82, 2.24) is 15.3 Å². The van der Waals surface area contributed by atoms with E-state index < -0.39 is 5.91 Å². The summed E-state index contributed by atoms with van der Waals surface area (Å²) < 4.78 is 5.30. The number of rotatable bonds is 8. The number of nitrogens with zero attached hydrogens (tertiary/aromatic N) is 4. The minimum absolute atomic E-state index is 0.00422. The second kappa shape index (κ2) is 14.0. The van der Waals surface area contributed by atoms with Gasteiger partial charge < -0.3 is 14.5 Å².